The Balaban J connectivity index is 2.02. The summed E-state index contributed by atoms with van der Waals surface area (Å²) in [6.07, 6.45) is 1.98. The van der Waals surface area contributed by atoms with Crippen molar-refractivity contribution in [2.75, 3.05) is 20.3 Å². The average molecular weight is 285 g/mol. The van der Waals surface area contributed by atoms with Gasteiger partial charge in [0.05, 0.1) is 17.7 Å². The van der Waals surface area contributed by atoms with Gasteiger partial charge < -0.3 is 14.0 Å². The van der Waals surface area contributed by atoms with Gasteiger partial charge in [-0.05, 0) is 41.5 Å². The summed E-state index contributed by atoms with van der Waals surface area (Å²) in [5, 5.41) is 7.62. The van der Waals surface area contributed by atoms with E-state index in [9.17, 15) is 0 Å². The van der Waals surface area contributed by atoms with Crippen LogP contribution in [0.4, 0.5) is 0 Å². The first-order valence-electron chi connectivity index (χ1n) is 7.26. The molecular weight excluding hydrogens is 266 g/mol. The second-order valence-electron chi connectivity index (χ2n) is 5.04. The Morgan fingerprint density at radius 3 is 2.86 bits per heavy atom. The third kappa shape index (κ3) is 2.72. The third-order valence-electron chi connectivity index (χ3n) is 3.54. The normalized spacial score (nSPS) is 11.3. The highest BCUT2D eigenvalue weighted by Crippen LogP contribution is 2.31. The van der Waals surface area contributed by atoms with Crippen molar-refractivity contribution >= 4 is 21.7 Å². The Bertz CT molecular complexity index is 748. The molecule has 0 aliphatic carbocycles. The van der Waals surface area contributed by atoms with Gasteiger partial charge in [0.25, 0.3) is 0 Å². The summed E-state index contributed by atoms with van der Waals surface area (Å²) in [4.78, 5) is 0. The summed E-state index contributed by atoms with van der Waals surface area (Å²) in [6.45, 7) is 3.29. The van der Waals surface area contributed by atoms with E-state index in [1.54, 1.807) is 7.11 Å². The summed E-state index contributed by atoms with van der Waals surface area (Å²) in [6, 6.07) is 10.1. The van der Waals surface area contributed by atoms with E-state index in [2.05, 4.69) is 18.1 Å². The minimum absolute atomic E-state index is 0.554. The fourth-order valence-corrected chi connectivity index (χ4v) is 2.55. The maximum atomic E-state index is 5.66. The smallest absolute Gasteiger partial charge is 0.167 e. The van der Waals surface area contributed by atoms with Gasteiger partial charge in [0.1, 0.15) is 12.4 Å². The van der Waals surface area contributed by atoms with Crippen molar-refractivity contribution in [3.63, 3.8) is 0 Å². The van der Waals surface area contributed by atoms with Gasteiger partial charge in [-0.1, -0.05) is 24.6 Å². The Morgan fingerprint density at radius 2 is 2.05 bits per heavy atom. The molecule has 0 unspecified atom stereocenters. The first-order valence-corrected chi connectivity index (χ1v) is 7.26. The molecule has 0 bridgehead atoms. The molecule has 0 saturated carbocycles. The lowest BCUT2D eigenvalue weighted by Crippen LogP contribution is -2.03. The van der Waals surface area contributed by atoms with Gasteiger partial charge in [-0.2, -0.15) is 0 Å². The minimum Gasteiger partial charge on any atom is -0.491 e. The van der Waals surface area contributed by atoms with Crippen molar-refractivity contribution < 1.29 is 14.0 Å². The number of methoxy groups -OCH3 is 1. The van der Waals surface area contributed by atoms with Crippen LogP contribution < -0.4 is 4.74 Å². The van der Waals surface area contributed by atoms with E-state index >= 15 is 0 Å². The van der Waals surface area contributed by atoms with Gasteiger partial charge in [-0.15, -0.1) is 0 Å². The van der Waals surface area contributed by atoms with Crippen molar-refractivity contribution in [2.45, 2.75) is 19.8 Å². The Labute approximate surface area is 123 Å². The number of benzene rings is 2. The van der Waals surface area contributed by atoms with E-state index in [4.69, 9.17) is 14.0 Å². The van der Waals surface area contributed by atoms with Crippen LogP contribution >= 0.6 is 0 Å². The molecule has 0 fully saturated rings. The van der Waals surface area contributed by atoms with Gasteiger partial charge in [0, 0.05) is 7.11 Å². The molecule has 21 heavy (non-hydrogen) atoms. The zero-order valence-electron chi connectivity index (χ0n) is 12.4. The number of rotatable bonds is 6. The zero-order valence-corrected chi connectivity index (χ0v) is 12.4. The topological polar surface area (TPSA) is 44.5 Å². The molecule has 3 aromatic rings. The number of aryl methyl sites for hydroxylation is 1. The van der Waals surface area contributed by atoms with E-state index in [-0.39, 0.29) is 0 Å². The number of nitrogens with zero attached hydrogens (tertiary/aromatic N) is 1. The van der Waals surface area contributed by atoms with Gasteiger partial charge >= 0.3 is 0 Å². The van der Waals surface area contributed by atoms with Crippen LogP contribution in [-0.4, -0.2) is 25.5 Å². The second kappa shape index (κ2) is 6.14. The van der Waals surface area contributed by atoms with Crippen LogP contribution in [-0.2, 0) is 11.2 Å². The van der Waals surface area contributed by atoms with Gasteiger partial charge in [-0.3, -0.25) is 0 Å². The Kier molecular flexibility index (Phi) is 4.06. The summed E-state index contributed by atoms with van der Waals surface area (Å²) in [5.74, 6) is 0.854. The lowest BCUT2D eigenvalue weighted by Gasteiger charge is -2.07. The largest absolute Gasteiger partial charge is 0.491 e. The molecule has 0 saturated heterocycles. The lowest BCUT2D eigenvalue weighted by atomic mass is 10.0. The molecule has 0 N–H and O–H groups in total. The summed E-state index contributed by atoms with van der Waals surface area (Å²) < 4.78 is 16.1. The average Bonchev–Trinajstić information content (AvgIpc) is 2.91. The molecule has 110 valence electrons. The number of hydrogen-bond donors (Lipinski definition) is 0. The van der Waals surface area contributed by atoms with E-state index in [0.29, 0.717) is 13.2 Å². The molecular formula is C17H19NO3. The first kappa shape index (κ1) is 13.9. The van der Waals surface area contributed by atoms with Crippen LogP contribution in [0.2, 0.25) is 0 Å². The molecule has 0 aliphatic heterocycles. The van der Waals surface area contributed by atoms with Gasteiger partial charge in [-0.25, -0.2) is 0 Å². The second-order valence-corrected chi connectivity index (χ2v) is 5.04. The van der Waals surface area contributed by atoms with Crippen LogP contribution in [0, 0.1) is 0 Å². The molecule has 0 spiro atoms. The van der Waals surface area contributed by atoms with E-state index < -0.39 is 0 Å². The van der Waals surface area contributed by atoms with Crippen molar-refractivity contribution in [3.8, 4) is 5.75 Å². The van der Waals surface area contributed by atoms with Crippen molar-refractivity contribution in [1.82, 2.24) is 5.16 Å². The van der Waals surface area contributed by atoms with Crippen molar-refractivity contribution in [2.24, 2.45) is 0 Å². The Hall–Kier alpha value is -2.07. The minimum atomic E-state index is 0.554. The van der Waals surface area contributed by atoms with Crippen LogP contribution in [0.5, 0.6) is 5.75 Å². The predicted octanol–water partition coefficient (Wildman–Crippen LogP) is 3.96. The van der Waals surface area contributed by atoms with Crippen molar-refractivity contribution in [1.29, 1.82) is 0 Å². The molecule has 0 radical (unpaired) electrons. The quantitative estimate of drug-likeness (QED) is 0.643. The number of hydrogen-bond acceptors (Lipinski definition) is 4. The van der Waals surface area contributed by atoms with Crippen LogP contribution in [0.25, 0.3) is 21.7 Å². The monoisotopic (exact) mass is 285 g/mol. The van der Waals surface area contributed by atoms with E-state index in [1.165, 1.54) is 0 Å². The number of ether oxygens (including phenoxy) is 2. The fourth-order valence-electron chi connectivity index (χ4n) is 2.55. The fraction of sp³-hybridized carbons (Fsp3) is 0.353. The zero-order chi connectivity index (χ0) is 14.7. The number of aromatic nitrogens is 1. The van der Waals surface area contributed by atoms with Crippen LogP contribution in [0.1, 0.15) is 19.0 Å². The van der Waals surface area contributed by atoms with Crippen LogP contribution in [0.15, 0.2) is 34.9 Å². The van der Waals surface area contributed by atoms with Gasteiger partial charge in [0.2, 0.25) is 0 Å². The highest BCUT2D eigenvalue weighted by atomic mass is 16.5. The summed E-state index contributed by atoms with van der Waals surface area (Å²) >= 11 is 0. The predicted molar refractivity (Wildman–Crippen MR) is 82.9 cm³/mol. The molecule has 4 nitrogen and oxygen atoms in total. The van der Waals surface area contributed by atoms with Gasteiger partial charge in [0.15, 0.2) is 5.58 Å². The highest BCUT2D eigenvalue weighted by molar-refractivity contribution is 6.07. The SMILES string of the molecule is CCCc1noc2ccc3cc(OCCOC)ccc3c12. The molecule has 0 atom stereocenters. The lowest BCUT2D eigenvalue weighted by molar-refractivity contribution is 0.146. The van der Waals surface area contributed by atoms with E-state index in [0.717, 1.165) is 46.0 Å². The van der Waals surface area contributed by atoms with Crippen LogP contribution in [0.3, 0.4) is 0 Å². The standard InChI is InChI=1S/C17H19NO3/c1-3-4-15-17-14-7-6-13(20-10-9-19-2)11-12(14)5-8-16(17)21-18-15/h5-8,11H,3-4,9-10H2,1-2H3. The molecule has 0 aliphatic rings. The summed E-state index contributed by atoms with van der Waals surface area (Å²) in [7, 11) is 1.67. The molecule has 4 heteroatoms. The highest BCUT2D eigenvalue weighted by Gasteiger charge is 2.11. The van der Waals surface area contributed by atoms with Crippen molar-refractivity contribution in [3.05, 3.63) is 36.0 Å². The molecule has 3 rings (SSSR count). The number of fused-ring (bicyclic) bond motifs is 3. The molecule has 0 amide bonds. The molecule has 1 aromatic heterocycles. The Morgan fingerprint density at radius 1 is 1.14 bits per heavy atom. The molecule has 2 aromatic carbocycles. The maximum absolute atomic E-state index is 5.66. The maximum Gasteiger partial charge on any atom is 0.167 e. The summed E-state index contributed by atoms with van der Waals surface area (Å²) in [5.41, 5.74) is 1.88. The first-order chi connectivity index (χ1) is 10.3. The van der Waals surface area contributed by atoms with E-state index in [1.807, 2.05) is 24.3 Å². The third-order valence-corrected chi connectivity index (χ3v) is 3.54. The molecule has 1 heterocycles.